The Bertz CT molecular complexity index is 101. The summed E-state index contributed by atoms with van der Waals surface area (Å²) in [5.74, 6) is 0.769. The Morgan fingerprint density at radius 1 is 1.00 bits per heavy atom. The largest absolute Gasteiger partial charge is 0.330 e. The maximum atomic E-state index is 5.14. The lowest BCUT2D eigenvalue weighted by atomic mass is 10.1. The molecular formula is C12H31N3. The van der Waals surface area contributed by atoms with E-state index in [0.717, 1.165) is 12.5 Å². The predicted molar refractivity (Wildman–Crippen MR) is 70.2 cm³/mol. The van der Waals surface area contributed by atoms with Crippen molar-refractivity contribution in [2.45, 2.75) is 26.7 Å². The van der Waals surface area contributed by atoms with Crippen LogP contribution in [0.15, 0.2) is 0 Å². The van der Waals surface area contributed by atoms with Gasteiger partial charge in [0.05, 0.1) is 0 Å². The van der Waals surface area contributed by atoms with Gasteiger partial charge in [-0.05, 0) is 47.1 Å². The van der Waals surface area contributed by atoms with Crippen molar-refractivity contribution < 1.29 is 0 Å². The lowest BCUT2D eigenvalue weighted by Crippen LogP contribution is -2.28. The van der Waals surface area contributed by atoms with Gasteiger partial charge in [-0.25, -0.2) is 0 Å². The fourth-order valence-corrected chi connectivity index (χ4v) is 1.51. The minimum Gasteiger partial charge on any atom is -0.330 e. The van der Waals surface area contributed by atoms with Crippen LogP contribution in [-0.4, -0.2) is 57.6 Å². The van der Waals surface area contributed by atoms with Crippen molar-refractivity contribution in [1.82, 2.24) is 9.80 Å². The Hall–Kier alpha value is -0.120. The van der Waals surface area contributed by atoms with Crippen molar-refractivity contribution in [1.29, 1.82) is 0 Å². The molecule has 94 valence electrons. The number of rotatable bonds is 6. The number of nitrogens with two attached hydrogens (primary N) is 1. The molecule has 0 aromatic carbocycles. The Kier molecular flexibility index (Phi) is 13.8. The van der Waals surface area contributed by atoms with Gasteiger partial charge in [0.1, 0.15) is 0 Å². The van der Waals surface area contributed by atoms with Crippen molar-refractivity contribution in [3.05, 3.63) is 0 Å². The molecule has 0 aromatic rings. The molecule has 0 bridgehead atoms. The molecule has 0 radical (unpaired) electrons. The molecule has 0 heterocycles. The first-order chi connectivity index (χ1) is 6.93. The molecule has 2 N–H and O–H groups in total. The fraction of sp³-hybridized carbons (Fsp3) is 1.00. The summed E-state index contributed by atoms with van der Waals surface area (Å²) in [5, 5.41) is 0. The molecule has 0 aliphatic rings. The second-order valence-corrected chi connectivity index (χ2v) is 4.77. The van der Waals surface area contributed by atoms with Gasteiger partial charge >= 0.3 is 0 Å². The molecule has 0 amide bonds. The molecule has 0 spiro atoms. The van der Waals surface area contributed by atoms with Crippen LogP contribution in [0.3, 0.4) is 0 Å². The summed E-state index contributed by atoms with van der Waals surface area (Å²) in [6.45, 7) is 7.61. The summed E-state index contributed by atoms with van der Waals surface area (Å²) in [6, 6.07) is 0. The Morgan fingerprint density at radius 2 is 1.40 bits per heavy atom. The first-order valence-corrected chi connectivity index (χ1v) is 5.93. The molecule has 0 atom stereocenters. The van der Waals surface area contributed by atoms with Gasteiger partial charge in [0.25, 0.3) is 0 Å². The van der Waals surface area contributed by atoms with Gasteiger partial charge in [-0.1, -0.05) is 20.3 Å². The average Bonchev–Trinajstić information content (AvgIpc) is 2.03. The lowest BCUT2D eigenvalue weighted by molar-refractivity contribution is 0.273. The molecule has 0 rings (SSSR count). The van der Waals surface area contributed by atoms with Crippen LogP contribution in [0.25, 0.3) is 0 Å². The highest BCUT2D eigenvalue weighted by Crippen LogP contribution is 1.96. The van der Waals surface area contributed by atoms with Gasteiger partial charge < -0.3 is 15.5 Å². The van der Waals surface area contributed by atoms with Crippen molar-refractivity contribution in [2.75, 3.05) is 47.8 Å². The van der Waals surface area contributed by atoms with Crippen LogP contribution in [0.1, 0.15) is 26.7 Å². The SMILES string of the molecule is CC(CN(C)C)CN(C)C.CCCCN. The van der Waals surface area contributed by atoms with E-state index < -0.39 is 0 Å². The second kappa shape index (κ2) is 12.0. The molecule has 15 heavy (non-hydrogen) atoms. The Labute approximate surface area is 96.6 Å². The molecule has 0 unspecified atom stereocenters. The highest BCUT2D eigenvalue weighted by molar-refractivity contribution is 4.58. The standard InChI is InChI=1S/C8H20N2.C4H11N/c1-8(6-9(2)3)7-10(4)5;1-2-3-4-5/h8H,6-7H2,1-5H3;2-5H2,1H3. The molecule has 0 aliphatic carbocycles. The van der Waals surface area contributed by atoms with Crippen LogP contribution in [0.2, 0.25) is 0 Å². The predicted octanol–water partition coefficient (Wildman–Crippen LogP) is 1.49. The molecule has 0 fully saturated rings. The monoisotopic (exact) mass is 217 g/mol. The summed E-state index contributed by atoms with van der Waals surface area (Å²) in [5.41, 5.74) is 5.14. The number of hydrogen-bond donors (Lipinski definition) is 1. The minimum absolute atomic E-state index is 0.769. The van der Waals surface area contributed by atoms with Crippen molar-refractivity contribution >= 4 is 0 Å². The third-order valence-electron chi connectivity index (χ3n) is 1.91. The summed E-state index contributed by atoms with van der Waals surface area (Å²) >= 11 is 0. The highest BCUT2D eigenvalue weighted by atomic mass is 15.1. The van der Waals surface area contributed by atoms with Gasteiger partial charge in [-0.15, -0.1) is 0 Å². The Balaban J connectivity index is 0. The van der Waals surface area contributed by atoms with E-state index in [1.807, 2.05) is 0 Å². The van der Waals surface area contributed by atoms with Crippen molar-refractivity contribution in [3.63, 3.8) is 0 Å². The van der Waals surface area contributed by atoms with Gasteiger partial charge in [0.2, 0.25) is 0 Å². The zero-order valence-corrected chi connectivity index (χ0v) is 11.6. The van der Waals surface area contributed by atoms with E-state index in [4.69, 9.17) is 5.73 Å². The summed E-state index contributed by atoms with van der Waals surface area (Å²) < 4.78 is 0. The summed E-state index contributed by atoms with van der Waals surface area (Å²) in [7, 11) is 8.47. The van der Waals surface area contributed by atoms with Crippen LogP contribution in [0.5, 0.6) is 0 Å². The average molecular weight is 217 g/mol. The maximum absolute atomic E-state index is 5.14. The zero-order valence-electron chi connectivity index (χ0n) is 11.6. The quantitative estimate of drug-likeness (QED) is 0.732. The summed E-state index contributed by atoms with van der Waals surface area (Å²) in [6.07, 6.45) is 2.39. The zero-order chi connectivity index (χ0) is 12.3. The maximum Gasteiger partial charge on any atom is 0.00131 e. The van der Waals surface area contributed by atoms with Crippen LogP contribution in [0, 0.1) is 5.92 Å². The van der Waals surface area contributed by atoms with Gasteiger partial charge in [-0.3, -0.25) is 0 Å². The molecular weight excluding hydrogens is 186 g/mol. The van der Waals surface area contributed by atoms with Crippen molar-refractivity contribution in [2.24, 2.45) is 11.7 Å². The first kappa shape index (κ1) is 17.3. The third-order valence-corrected chi connectivity index (χ3v) is 1.91. The number of hydrogen-bond acceptors (Lipinski definition) is 3. The second-order valence-electron chi connectivity index (χ2n) is 4.77. The molecule has 3 nitrogen and oxygen atoms in total. The van der Waals surface area contributed by atoms with Gasteiger partial charge in [-0.2, -0.15) is 0 Å². The molecule has 0 aromatic heterocycles. The van der Waals surface area contributed by atoms with Crippen LogP contribution >= 0.6 is 0 Å². The van der Waals surface area contributed by atoms with E-state index in [1.54, 1.807) is 0 Å². The summed E-state index contributed by atoms with van der Waals surface area (Å²) in [4.78, 5) is 4.46. The van der Waals surface area contributed by atoms with E-state index in [9.17, 15) is 0 Å². The molecule has 0 saturated carbocycles. The van der Waals surface area contributed by atoms with E-state index in [0.29, 0.717) is 0 Å². The van der Waals surface area contributed by atoms with Gasteiger partial charge in [0.15, 0.2) is 0 Å². The van der Waals surface area contributed by atoms with E-state index in [1.165, 1.54) is 25.9 Å². The molecule has 0 aliphatic heterocycles. The first-order valence-electron chi connectivity index (χ1n) is 5.93. The number of unbranched alkanes of at least 4 members (excludes halogenated alkanes) is 1. The van der Waals surface area contributed by atoms with Crippen LogP contribution in [0.4, 0.5) is 0 Å². The highest BCUT2D eigenvalue weighted by Gasteiger charge is 2.03. The van der Waals surface area contributed by atoms with Gasteiger partial charge in [0, 0.05) is 13.1 Å². The van der Waals surface area contributed by atoms with E-state index in [-0.39, 0.29) is 0 Å². The Morgan fingerprint density at radius 3 is 1.53 bits per heavy atom. The van der Waals surface area contributed by atoms with Crippen LogP contribution < -0.4 is 5.73 Å². The lowest BCUT2D eigenvalue weighted by Gasteiger charge is -2.20. The third kappa shape index (κ3) is 20.1. The molecule has 0 saturated heterocycles. The fourth-order valence-electron chi connectivity index (χ4n) is 1.51. The normalized spacial score (nSPS) is 10.8. The topological polar surface area (TPSA) is 32.5 Å². The molecule has 3 heteroatoms. The smallest absolute Gasteiger partial charge is 0.00131 e. The van der Waals surface area contributed by atoms with Crippen molar-refractivity contribution in [3.8, 4) is 0 Å². The van der Waals surface area contributed by atoms with E-state index in [2.05, 4.69) is 51.8 Å². The number of nitrogens with zero attached hydrogens (tertiary/aromatic N) is 2. The van der Waals surface area contributed by atoms with Crippen LogP contribution in [-0.2, 0) is 0 Å². The minimum atomic E-state index is 0.769. The van der Waals surface area contributed by atoms with E-state index >= 15 is 0 Å².